The van der Waals surface area contributed by atoms with Crippen molar-refractivity contribution in [3.8, 4) is 0 Å². The van der Waals surface area contributed by atoms with Crippen molar-refractivity contribution in [1.82, 2.24) is 9.97 Å². The van der Waals surface area contributed by atoms with Gasteiger partial charge in [0.05, 0.1) is 17.0 Å². The van der Waals surface area contributed by atoms with E-state index in [4.69, 9.17) is 5.73 Å². The lowest BCUT2D eigenvalue weighted by Crippen LogP contribution is -2.22. The Labute approximate surface area is 115 Å². The van der Waals surface area contributed by atoms with E-state index in [2.05, 4.69) is 9.97 Å². The second-order valence-electron chi connectivity index (χ2n) is 5.07. The molecule has 0 saturated carbocycles. The molecule has 0 radical (unpaired) electrons. The molecule has 3 rings (SSSR count). The number of hydrogen-bond acceptors (Lipinski definition) is 4. The third kappa shape index (κ3) is 2.15. The minimum Gasteiger partial charge on any atom is -0.368 e. The summed E-state index contributed by atoms with van der Waals surface area (Å²) in [7, 11) is 0. The van der Waals surface area contributed by atoms with Crippen LogP contribution >= 0.6 is 0 Å². The molecule has 1 aliphatic rings. The Morgan fingerprint density at radius 2 is 1.90 bits per heavy atom. The smallest absolute Gasteiger partial charge is 0.220 e. The Morgan fingerprint density at radius 3 is 2.60 bits per heavy atom. The van der Waals surface area contributed by atoms with E-state index < -0.39 is 0 Å². The molecule has 20 heavy (non-hydrogen) atoms. The number of ketones is 1. The highest BCUT2D eigenvalue weighted by Gasteiger charge is 2.29. The standard InChI is InChI=1S/C15H14FN3O/c1-8-14-12(19-15(17)18-8)6-10(7-13(14)20)9-2-4-11(16)5-3-9/h2-5,10H,6-7H2,1H3,(H2,17,18,19)/t10-/m0/s1. The summed E-state index contributed by atoms with van der Waals surface area (Å²) in [6.07, 6.45) is 1.02. The lowest BCUT2D eigenvalue weighted by atomic mass is 9.81. The van der Waals surface area contributed by atoms with Crippen molar-refractivity contribution >= 4 is 11.7 Å². The van der Waals surface area contributed by atoms with E-state index in [-0.39, 0.29) is 23.5 Å². The first kappa shape index (κ1) is 12.7. The van der Waals surface area contributed by atoms with Gasteiger partial charge in [-0.1, -0.05) is 12.1 Å². The largest absolute Gasteiger partial charge is 0.368 e. The monoisotopic (exact) mass is 271 g/mol. The Bertz CT molecular complexity index is 682. The van der Waals surface area contributed by atoms with Crippen LogP contribution in [0.1, 0.15) is 39.6 Å². The molecular weight excluding hydrogens is 257 g/mol. The lowest BCUT2D eigenvalue weighted by Gasteiger charge is -2.24. The fraction of sp³-hybridized carbons (Fsp3) is 0.267. The highest BCUT2D eigenvalue weighted by atomic mass is 19.1. The summed E-state index contributed by atoms with van der Waals surface area (Å²) in [5.74, 6) is -0.0464. The number of fused-ring (bicyclic) bond motifs is 1. The molecule has 2 aromatic rings. The summed E-state index contributed by atoms with van der Waals surface area (Å²) in [6.45, 7) is 1.77. The molecule has 0 unspecified atom stereocenters. The van der Waals surface area contributed by atoms with Crippen LogP contribution in [0.25, 0.3) is 0 Å². The van der Waals surface area contributed by atoms with Crippen LogP contribution in [0.15, 0.2) is 24.3 Å². The Kier molecular flexibility index (Phi) is 2.97. The van der Waals surface area contributed by atoms with Crippen molar-refractivity contribution in [3.05, 3.63) is 52.6 Å². The molecule has 0 bridgehead atoms. The SMILES string of the molecule is Cc1nc(N)nc2c1C(=O)C[C@@H](c1ccc(F)cc1)C2. The fourth-order valence-corrected chi connectivity index (χ4v) is 2.77. The number of nitrogens with zero attached hydrogens (tertiary/aromatic N) is 2. The number of carbonyl (C=O) groups excluding carboxylic acids is 1. The van der Waals surface area contributed by atoms with Crippen LogP contribution in [-0.2, 0) is 6.42 Å². The first-order chi connectivity index (χ1) is 9.54. The number of Topliss-reactive ketones (excluding diaryl/α,β-unsaturated/α-hetero) is 1. The van der Waals surface area contributed by atoms with Crippen LogP contribution in [0.2, 0.25) is 0 Å². The van der Waals surface area contributed by atoms with Crippen LogP contribution < -0.4 is 5.73 Å². The van der Waals surface area contributed by atoms with Crippen LogP contribution in [0, 0.1) is 12.7 Å². The number of aryl methyl sites for hydroxylation is 1. The number of aromatic nitrogens is 2. The number of hydrogen-bond donors (Lipinski definition) is 1. The fourth-order valence-electron chi connectivity index (χ4n) is 2.77. The number of carbonyl (C=O) groups is 1. The number of rotatable bonds is 1. The maximum Gasteiger partial charge on any atom is 0.220 e. The normalized spacial score (nSPS) is 17.9. The molecule has 0 amide bonds. The van der Waals surface area contributed by atoms with Gasteiger partial charge in [-0.25, -0.2) is 14.4 Å². The van der Waals surface area contributed by atoms with Crippen LogP contribution in [-0.4, -0.2) is 15.8 Å². The summed E-state index contributed by atoms with van der Waals surface area (Å²) in [5.41, 5.74) is 8.52. The predicted molar refractivity (Wildman–Crippen MR) is 73.0 cm³/mol. The van der Waals surface area contributed by atoms with Gasteiger partial charge < -0.3 is 5.73 Å². The number of nitrogens with two attached hydrogens (primary N) is 1. The van der Waals surface area contributed by atoms with E-state index in [1.807, 2.05) is 0 Å². The van der Waals surface area contributed by atoms with Gasteiger partial charge in [0.1, 0.15) is 5.82 Å². The molecule has 4 nitrogen and oxygen atoms in total. The van der Waals surface area contributed by atoms with Gasteiger partial charge in [0, 0.05) is 6.42 Å². The molecule has 1 aromatic heterocycles. The van der Waals surface area contributed by atoms with Crippen molar-refractivity contribution < 1.29 is 9.18 Å². The zero-order chi connectivity index (χ0) is 14.3. The number of anilines is 1. The third-order valence-corrected chi connectivity index (χ3v) is 3.67. The van der Waals surface area contributed by atoms with Gasteiger partial charge in [-0.05, 0) is 37.0 Å². The summed E-state index contributed by atoms with van der Waals surface area (Å²) >= 11 is 0. The van der Waals surface area contributed by atoms with Gasteiger partial charge >= 0.3 is 0 Å². The Balaban J connectivity index is 2.00. The van der Waals surface area contributed by atoms with E-state index >= 15 is 0 Å². The number of benzene rings is 1. The minimum absolute atomic E-state index is 0.0179. The van der Waals surface area contributed by atoms with Gasteiger partial charge in [0.2, 0.25) is 5.95 Å². The summed E-state index contributed by atoms with van der Waals surface area (Å²) in [5, 5.41) is 0. The van der Waals surface area contributed by atoms with Crippen molar-refractivity contribution in [3.63, 3.8) is 0 Å². The quantitative estimate of drug-likeness (QED) is 0.864. The Morgan fingerprint density at radius 1 is 1.20 bits per heavy atom. The zero-order valence-corrected chi connectivity index (χ0v) is 11.1. The maximum atomic E-state index is 13.0. The topological polar surface area (TPSA) is 68.9 Å². The summed E-state index contributed by atoms with van der Waals surface area (Å²) in [6, 6.07) is 6.26. The second-order valence-corrected chi connectivity index (χ2v) is 5.07. The number of nitrogen functional groups attached to an aromatic ring is 1. The molecule has 0 saturated heterocycles. The summed E-state index contributed by atoms with van der Waals surface area (Å²) in [4.78, 5) is 20.5. The van der Waals surface area contributed by atoms with Crippen molar-refractivity contribution in [2.75, 3.05) is 5.73 Å². The molecule has 0 fully saturated rings. The van der Waals surface area contributed by atoms with Crippen LogP contribution in [0.3, 0.4) is 0 Å². The van der Waals surface area contributed by atoms with Gasteiger partial charge in [-0.3, -0.25) is 4.79 Å². The van der Waals surface area contributed by atoms with Crippen molar-refractivity contribution in [1.29, 1.82) is 0 Å². The van der Waals surface area contributed by atoms with Crippen LogP contribution in [0.5, 0.6) is 0 Å². The average molecular weight is 271 g/mol. The molecule has 102 valence electrons. The maximum absolute atomic E-state index is 13.0. The van der Waals surface area contributed by atoms with Gasteiger partial charge in [0.15, 0.2) is 5.78 Å². The zero-order valence-electron chi connectivity index (χ0n) is 11.1. The predicted octanol–water partition coefficient (Wildman–Crippen LogP) is 2.42. The van der Waals surface area contributed by atoms with E-state index in [9.17, 15) is 9.18 Å². The minimum atomic E-state index is -0.279. The summed E-state index contributed by atoms with van der Waals surface area (Å²) < 4.78 is 13.0. The van der Waals surface area contributed by atoms with Gasteiger partial charge in [-0.15, -0.1) is 0 Å². The molecule has 0 aliphatic heterocycles. The highest BCUT2D eigenvalue weighted by molar-refractivity contribution is 5.99. The molecule has 1 aromatic carbocycles. The van der Waals surface area contributed by atoms with E-state index in [1.165, 1.54) is 12.1 Å². The third-order valence-electron chi connectivity index (χ3n) is 3.67. The molecular formula is C15H14FN3O. The second kappa shape index (κ2) is 4.67. The number of halogens is 1. The lowest BCUT2D eigenvalue weighted by molar-refractivity contribution is 0.0962. The van der Waals surface area contributed by atoms with E-state index in [0.29, 0.717) is 29.8 Å². The first-order valence-electron chi connectivity index (χ1n) is 6.46. The van der Waals surface area contributed by atoms with Crippen molar-refractivity contribution in [2.24, 2.45) is 0 Å². The molecule has 0 spiro atoms. The van der Waals surface area contributed by atoms with Gasteiger partial charge in [-0.2, -0.15) is 0 Å². The van der Waals surface area contributed by atoms with Gasteiger partial charge in [0.25, 0.3) is 0 Å². The molecule has 1 atom stereocenters. The molecule has 5 heteroatoms. The molecule has 1 aliphatic carbocycles. The van der Waals surface area contributed by atoms with E-state index in [0.717, 1.165) is 5.56 Å². The molecule has 1 heterocycles. The highest BCUT2D eigenvalue weighted by Crippen LogP contribution is 2.33. The Hall–Kier alpha value is -2.30. The molecule has 2 N–H and O–H groups in total. The van der Waals surface area contributed by atoms with Crippen LogP contribution in [0.4, 0.5) is 10.3 Å². The average Bonchev–Trinajstić information content (AvgIpc) is 2.38. The first-order valence-corrected chi connectivity index (χ1v) is 6.46. The van der Waals surface area contributed by atoms with E-state index in [1.54, 1.807) is 19.1 Å². The van der Waals surface area contributed by atoms with Crippen molar-refractivity contribution in [2.45, 2.75) is 25.7 Å².